The first-order chi connectivity index (χ1) is 22.0. The van der Waals surface area contributed by atoms with Crippen LogP contribution in [0.5, 0.6) is 0 Å². The first-order valence-corrected chi connectivity index (χ1v) is 16.6. The third kappa shape index (κ3) is 3.10. The highest BCUT2D eigenvalue weighted by Crippen LogP contribution is 2.66. The second-order valence-corrected chi connectivity index (χ2v) is 14.1. The molecule has 214 valence electrons. The summed E-state index contributed by atoms with van der Waals surface area (Å²) in [7, 11) is 0. The van der Waals surface area contributed by atoms with Gasteiger partial charge in [-0.3, -0.25) is 0 Å². The van der Waals surface area contributed by atoms with Crippen molar-refractivity contribution in [2.24, 2.45) is 0 Å². The molecule has 3 aliphatic carbocycles. The van der Waals surface area contributed by atoms with Crippen LogP contribution in [0, 0.1) is 0 Å². The summed E-state index contributed by atoms with van der Waals surface area (Å²) in [5.74, 6) is 0. The van der Waals surface area contributed by atoms with Crippen LogP contribution in [0.15, 0.2) is 121 Å². The summed E-state index contributed by atoms with van der Waals surface area (Å²) < 4.78 is 0. The van der Waals surface area contributed by atoms with Crippen molar-refractivity contribution < 1.29 is 0 Å². The van der Waals surface area contributed by atoms with Crippen molar-refractivity contribution in [3.05, 3.63) is 155 Å². The fourth-order valence-electron chi connectivity index (χ4n) is 9.10. The highest BCUT2D eigenvalue weighted by atomic mass is 35.5. The minimum atomic E-state index is -0.316. The van der Waals surface area contributed by atoms with Crippen molar-refractivity contribution in [3.63, 3.8) is 0 Å². The maximum absolute atomic E-state index is 7.60. The molecule has 0 saturated carbocycles. The van der Waals surface area contributed by atoms with Crippen LogP contribution in [0.3, 0.4) is 0 Å². The van der Waals surface area contributed by atoms with E-state index in [1.165, 1.54) is 99.4 Å². The van der Waals surface area contributed by atoms with Crippen LogP contribution >= 0.6 is 23.2 Å². The molecule has 2 atom stereocenters. The van der Waals surface area contributed by atoms with Crippen LogP contribution in [0.25, 0.3) is 66.1 Å². The molecule has 7 aromatic carbocycles. The van der Waals surface area contributed by atoms with E-state index in [1.807, 2.05) is 0 Å². The van der Waals surface area contributed by atoms with Crippen LogP contribution in [-0.2, 0) is 5.41 Å². The summed E-state index contributed by atoms with van der Waals surface area (Å²) in [6.45, 7) is 4.81. The average Bonchev–Trinajstić information content (AvgIpc) is 3.63. The summed E-state index contributed by atoms with van der Waals surface area (Å²) in [6.07, 6.45) is 0. The molecule has 0 N–H and O–H groups in total. The Morgan fingerprint density at radius 3 is 1.24 bits per heavy atom. The van der Waals surface area contributed by atoms with E-state index in [0.717, 1.165) is 0 Å². The van der Waals surface area contributed by atoms with Gasteiger partial charge in [-0.25, -0.2) is 0 Å². The maximum atomic E-state index is 7.60. The molecule has 0 aromatic heterocycles. The third-order valence-electron chi connectivity index (χ3n) is 10.7. The summed E-state index contributed by atoms with van der Waals surface area (Å²) in [5.41, 5.74) is 17.4. The van der Waals surface area contributed by atoms with E-state index in [-0.39, 0.29) is 16.2 Å². The summed E-state index contributed by atoms with van der Waals surface area (Å²) in [6, 6.07) is 44.0. The van der Waals surface area contributed by atoms with Gasteiger partial charge < -0.3 is 0 Å². The number of rotatable bonds is 2. The lowest BCUT2D eigenvalue weighted by Crippen LogP contribution is -2.20. The van der Waals surface area contributed by atoms with Gasteiger partial charge in [0.2, 0.25) is 0 Å². The van der Waals surface area contributed by atoms with E-state index in [2.05, 4.69) is 135 Å². The molecular weight excluding hydrogens is 587 g/mol. The molecule has 0 spiro atoms. The second-order valence-electron chi connectivity index (χ2n) is 13.2. The minimum absolute atomic E-state index is 0.229. The molecule has 0 saturated heterocycles. The van der Waals surface area contributed by atoms with E-state index >= 15 is 0 Å². The van der Waals surface area contributed by atoms with Crippen molar-refractivity contribution in [1.29, 1.82) is 0 Å². The number of alkyl halides is 2. The van der Waals surface area contributed by atoms with Gasteiger partial charge in [0.1, 0.15) is 0 Å². The Kier molecular flexibility index (Phi) is 5.11. The number of benzene rings is 7. The van der Waals surface area contributed by atoms with Crippen molar-refractivity contribution >= 4 is 44.7 Å². The maximum Gasteiger partial charge on any atom is 0.0850 e. The zero-order valence-corrected chi connectivity index (χ0v) is 26.5. The zero-order chi connectivity index (χ0) is 30.2. The second kappa shape index (κ2) is 8.88. The van der Waals surface area contributed by atoms with Gasteiger partial charge in [-0.1, -0.05) is 135 Å². The Balaban J connectivity index is 1.47. The molecule has 3 aliphatic rings. The average molecular weight is 616 g/mol. The monoisotopic (exact) mass is 614 g/mol. The van der Waals surface area contributed by atoms with Gasteiger partial charge in [-0.15, -0.1) is 23.2 Å². The molecule has 0 fully saturated rings. The van der Waals surface area contributed by atoms with Crippen molar-refractivity contribution in [3.8, 4) is 44.5 Å². The van der Waals surface area contributed by atoms with Gasteiger partial charge in [0.15, 0.2) is 0 Å². The predicted octanol–water partition coefficient (Wildman–Crippen LogP) is 12.6. The lowest BCUT2D eigenvalue weighted by molar-refractivity contribution is 0.649. The van der Waals surface area contributed by atoms with Crippen molar-refractivity contribution in [1.82, 2.24) is 0 Å². The lowest BCUT2D eigenvalue weighted by atomic mass is 9.74. The van der Waals surface area contributed by atoms with Gasteiger partial charge in [-0.05, 0) is 99.4 Å². The normalized spacial score (nSPS) is 18.0. The first-order valence-electron chi connectivity index (χ1n) is 15.7. The summed E-state index contributed by atoms with van der Waals surface area (Å²) in [4.78, 5) is 0. The topological polar surface area (TPSA) is 0 Å². The minimum Gasteiger partial charge on any atom is -0.113 e. The Hall–Kier alpha value is -4.36. The van der Waals surface area contributed by atoms with Gasteiger partial charge in [-0.2, -0.15) is 0 Å². The third-order valence-corrected chi connectivity index (χ3v) is 11.6. The van der Waals surface area contributed by atoms with Crippen LogP contribution < -0.4 is 0 Å². The number of hydrogen-bond donors (Lipinski definition) is 0. The van der Waals surface area contributed by atoms with Gasteiger partial charge in [0, 0.05) is 5.41 Å². The van der Waals surface area contributed by atoms with E-state index < -0.39 is 0 Å². The van der Waals surface area contributed by atoms with E-state index in [4.69, 9.17) is 23.2 Å². The Labute approximate surface area is 272 Å². The van der Waals surface area contributed by atoms with Crippen molar-refractivity contribution in [2.75, 3.05) is 0 Å². The molecule has 2 unspecified atom stereocenters. The van der Waals surface area contributed by atoms with Gasteiger partial charge in [0.25, 0.3) is 0 Å². The first kappa shape index (κ1) is 25.9. The van der Waals surface area contributed by atoms with Crippen LogP contribution in [0.2, 0.25) is 0 Å². The molecule has 0 aliphatic heterocycles. The van der Waals surface area contributed by atoms with E-state index in [1.54, 1.807) is 0 Å². The van der Waals surface area contributed by atoms with Crippen LogP contribution in [0.1, 0.15) is 58.0 Å². The standard InChI is InChI=1S/C43H28Cl2/c1-43(2)39-35-29(31(23-13-5-3-6-14-23)33-25-17-9-11-19-27(25)41(44)37(33)39)21-22-30-32(24-15-7-4-8-16-24)34-26-18-10-12-20-28(26)42(45)38(34)40(43)36(30)35/h3-22,41-42H,1-2H3. The Morgan fingerprint density at radius 2 is 0.822 bits per heavy atom. The van der Waals surface area contributed by atoms with Crippen LogP contribution in [0.4, 0.5) is 0 Å². The quantitative estimate of drug-likeness (QED) is 0.134. The van der Waals surface area contributed by atoms with Gasteiger partial charge in [0.05, 0.1) is 10.8 Å². The molecule has 0 radical (unpaired) electrons. The molecule has 0 heterocycles. The number of fused-ring (bicyclic) bond motifs is 8. The highest BCUT2D eigenvalue weighted by Gasteiger charge is 2.47. The fourth-order valence-corrected chi connectivity index (χ4v) is 9.92. The lowest BCUT2D eigenvalue weighted by Gasteiger charge is -2.29. The Bertz CT molecular complexity index is 2250. The molecule has 2 heteroatoms. The fraction of sp³-hybridized carbons (Fsp3) is 0.116. The summed E-state index contributed by atoms with van der Waals surface area (Å²) in [5, 5.41) is 4.79. The molecule has 0 bridgehead atoms. The molecule has 45 heavy (non-hydrogen) atoms. The van der Waals surface area contributed by atoms with Crippen molar-refractivity contribution in [2.45, 2.75) is 30.0 Å². The highest BCUT2D eigenvalue weighted by molar-refractivity contribution is 6.32. The molecule has 0 nitrogen and oxygen atoms in total. The molecule has 0 amide bonds. The van der Waals surface area contributed by atoms with Crippen LogP contribution in [-0.4, -0.2) is 0 Å². The SMILES string of the molecule is CC1(C)c2c3c(c(-c4ccccc4)c4ccc5c(-c6ccccc6)c6c(c1c5c24)C(Cl)c1ccccc1-6)-c1ccccc1C3Cl. The molecular formula is C43H28Cl2. The molecule has 7 aromatic rings. The van der Waals surface area contributed by atoms with Gasteiger partial charge >= 0.3 is 0 Å². The van der Waals surface area contributed by atoms with E-state index in [9.17, 15) is 0 Å². The number of halogens is 2. The largest absolute Gasteiger partial charge is 0.113 e. The summed E-state index contributed by atoms with van der Waals surface area (Å²) >= 11 is 15.2. The molecule has 10 rings (SSSR count). The van der Waals surface area contributed by atoms with E-state index in [0.29, 0.717) is 0 Å². The Morgan fingerprint density at radius 1 is 0.444 bits per heavy atom. The zero-order valence-electron chi connectivity index (χ0n) is 25.0. The smallest absolute Gasteiger partial charge is 0.0850 e. The number of hydrogen-bond acceptors (Lipinski definition) is 0. The predicted molar refractivity (Wildman–Crippen MR) is 191 cm³/mol.